The zero-order chi connectivity index (χ0) is 21.8. The number of pyridine rings is 2. The molecule has 0 aliphatic carbocycles. The molecule has 0 saturated carbocycles. The standard InChI is InChI=1S/C25H22N4O2/c1-17-7-9-19(10-8-17)27-24(30)16-29(2)25(31)21-15-23(18-11-13-26-14-12-18)28-22-6-4-3-5-20(21)22/h3-15H,16H2,1-2H3,(H,27,30). The fraction of sp³-hybridized carbons (Fsp3) is 0.120. The van der Waals surface area contributed by atoms with Gasteiger partial charge in [0.2, 0.25) is 5.91 Å². The van der Waals surface area contributed by atoms with Gasteiger partial charge in [0.05, 0.1) is 23.3 Å². The van der Waals surface area contributed by atoms with Crippen LogP contribution in [0.15, 0.2) is 79.1 Å². The molecule has 4 aromatic rings. The van der Waals surface area contributed by atoms with Gasteiger partial charge in [0.15, 0.2) is 0 Å². The second-order valence-electron chi connectivity index (χ2n) is 7.38. The molecule has 6 heteroatoms. The Hall–Kier alpha value is -4.06. The summed E-state index contributed by atoms with van der Waals surface area (Å²) in [5.41, 5.74) is 4.59. The number of benzene rings is 2. The largest absolute Gasteiger partial charge is 0.332 e. The molecule has 0 atom stereocenters. The first-order chi connectivity index (χ1) is 15.0. The van der Waals surface area contributed by atoms with Crippen LogP contribution in [0.25, 0.3) is 22.2 Å². The molecule has 2 amide bonds. The van der Waals surface area contributed by atoms with Crippen molar-refractivity contribution >= 4 is 28.4 Å². The van der Waals surface area contributed by atoms with Gasteiger partial charge in [0.1, 0.15) is 0 Å². The molecule has 154 valence electrons. The Balaban J connectivity index is 1.60. The Bertz CT molecular complexity index is 1240. The first-order valence-electron chi connectivity index (χ1n) is 9.93. The molecular weight excluding hydrogens is 388 g/mol. The molecule has 0 aliphatic heterocycles. The lowest BCUT2D eigenvalue weighted by Gasteiger charge is -2.18. The van der Waals surface area contributed by atoms with Crippen LogP contribution in [0, 0.1) is 6.92 Å². The van der Waals surface area contributed by atoms with Gasteiger partial charge in [0.25, 0.3) is 5.91 Å². The van der Waals surface area contributed by atoms with Crippen molar-refractivity contribution in [3.8, 4) is 11.3 Å². The zero-order valence-electron chi connectivity index (χ0n) is 17.4. The SMILES string of the molecule is Cc1ccc(NC(=O)CN(C)C(=O)c2cc(-c3ccncc3)nc3ccccc23)cc1. The fourth-order valence-corrected chi connectivity index (χ4v) is 3.35. The number of nitrogens with one attached hydrogen (secondary N) is 1. The molecule has 0 spiro atoms. The molecule has 0 saturated heterocycles. The number of fused-ring (bicyclic) bond motifs is 1. The van der Waals surface area contributed by atoms with Crippen molar-refractivity contribution in [2.75, 3.05) is 18.9 Å². The number of amides is 2. The van der Waals surface area contributed by atoms with Gasteiger partial charge in [-0.2, -0.15) is 0 Å². The molecule has 6 nitrogen and oxygen atoms in total. The Morgan fingerprint density at radius 2 is 1.68 bits per heavy atom. The lowest BCUT2D eigenvalue weighted by Crippen LogP contribution is -2.35. The van der Waals surface area contributed by atoms with Gasteiger partial charge in [-0.15, -0.1) is 0 Å². The summed E-state index contributed by atoms with van der Waals surface area (Å²) in [5.74, 6) is -0.500. The highest BCUT2D eigenvalue weighted by Crippen LogP contribution is 2.25. The number of hydrogen-bond donors (Lipinski definition) is 1. The van der Waals surface area contributed by atoms with Crippen LogP contribution in [0.2, 0.25) is 0 Å². The first kappa shape index (κ1) is 20.2. The fourth-order valence-electron chi connectivity index (χ4n) is 3.35. The van der Waals surface area contributed by atoms with E-state index in [4.69, 9.17) is 4.98 Å². The van der Waals surface area contributed by atoms with E-state index in [0.29, 0.717) is 16.9 Å². The predicted octanol–water partition coefficient (Wildman–Crippen LogP) is 4.32. The number of carbonyl (C=O) groups is 2. The molecule has 31 heavy (non-hydrogen) atoms. The third-order valence-electron chi connectivity index (χ3n) is 4.99. The summed E-state index contributed by atoms with van der Waals surface area (Å²) >= 11 is 0. The number of aromatic nitrogens is 2. The summed E-state index contributed by atoms with van der Waals surface area (Å²) in [4.78, 5) is 35.9. The predicted molar refractivity (Wildman–Crippen MR) is 122 cm³/mol. The van der Waals surface area contributed by atoms with E-state index in [9.17, 15) is 9.59 Å². The molecule has 2 heterocycles. The molecule has 1 N–H and O–H groups in total. The quantitative estimate of drug-likeness (QED) is 0.532. The molecule has 0 radical (unpaired) electrons. The maximum absolute atomic E-state index is 13.3. The number of nitrogens with zero attached hydrogens (tertiary/aromatic N) is 3. The maximum atomic E-state index is 13.3. The summed E-state index contributed by atoms with van der Waals surface area (Å²) in [5, 5.41) is 3.58. The van der Waals surface area contributed by atoms with Crippen LogP contribution in [0.1, 0.15) is 15.9 Å². The minimum atomic E-state index is -0.257. The summed E-state index contributed by atoms with van der Waals surface area (Å²) in [7, 11) is 1.62. The third-order valence-corrected chi connectivity index (χ3v) is 4.99. The van der Waals surface area contributed by atoms with Crippen molar-refractivity contribution < 1.29 is 9.59 Å². The molecule has 2 aromatic carbocycles. The van der Waals surface area contributed by atoms with Gasteiger partial charge >= 0.3 is 0 Å². The molecule has 0 fully saturated rings. The van der Waals surface area contributed by atoms with Gasteiger partial charge < -0.3 is 10.2 Å². The van der Waals surface area contributed by atoms with E-state index < -0.39 is 0 Å². The minimum Gasteiger partial charge on any atom is -0.332 e. The summed E-state index contributed by atoms with van der Waals surface area (Å²) < 4.78 is 0. The highest BCUT2D eigenvalue weighted by molar-refractivity contribution is 6.08. The van der Waals surface area contributed by atoms with E-state index in [1.807, 2.05) is 67.6 Å². The van der Waals surface area contributed by atoms with Crippen LogP contribution < -0.4 is 5.32 Å². The Morgan fingerprint density at radius 1 is 0.968 bits per heavy atom. The highest BCUT2D eigenvalue weighted by atomic mass is 16.2. The van der Waals surface area contributed by atoms with Crippen molar-refractivity contribution in [2.45, 2.75) is 6.92 Å². The number of anilines is 1. The Kier molecular flexibility index (Phi) is 5.71. The molecule has 0 aliphatic rings. The first-order valence-corrected chi connectivity index (χ1v) is 9.93. The van der Waals surface area contributed by atoms with Gasteiger partial charge in [-0.25, -0.2) is 4.98 Å². The number of para-hydroxylation sites is 1. The van der Waals surface area contributed by atoms with Crippen molar-refractivity contribution in [3.63, 3.8) is 0 Å². The van der Waals surface area contributed by atoms with Gasteiger partial charge in [-0.05, 0) is 43.3 Å². The van der Waals surface area contributed by atoms with E-state index in [2.05, 4.69) is 10.3 Å². The monoisotopic (exact) mass is 410 g/mol. The normalized spacial score (nSPS) is 10.6. The van der Waals surface area contributed by atoms with Crippen LogP contribution in [0.4, 0.5) is 5.69 Å². The van der Waals surface area contributed by atoms with E-state index in [0.717, 1.165) is 22.0 Å². The number of hydrogen-bond acceptors (Lipinski definition) is 4. The Labute approximate surface area is 180 Å². The second kappa shape index (κ2) is 8.75. The number of rotatable bonds is 5. The number of carbonyl (C=O) groups excluding carboxylic acids is 2. The van der Waals surface area contributed by atoms with E-state index in [1.54, 1.807) is 25.5 Å². The van der Waals surface area contributed by atoms with Gasteiger partial charge in [0, 0.05) is 36.1 Å². The van der Waals surface area contributed by atoms with Gasteiger partial charge in [-0.3, -0.25) is 14.6 Å². The lowest BCUT2D eigenvalue weighted by molar-refractivity contribution is -0.116. The van der Waals surface area contributed by atoms with E-state index >= 15 is 0 Å². The van der Waals surface area contributed by atoms with Crippen LogP contribution in [0.5, 0.6) is 0 Å². The van der Waals surface area contributed by atoms with Crippen LogP contribution >= 0.6 is 0 Å². The maximum Gasteiger partial charge on any atom is 0.254 e. The average molecular weight is 410 g/mol. The summed E-state index contributed by atoms with van der Waals surface area (Å²) in [6, 6.07) is 20.5. The summed E-state index contributed by atoms with van der Waals surface area (Å²) in [6.45, 7) is 1.92. The van der Waals surface area contributed by atoms with Crippen LogP contribution in [0.3, 0.4) is 0 Å². The second-order valence-corrected chi connectivity index (χ2v) is 7.38. The lowest BCUT2D eigenvalue weighted by atomic mass is 10.0. The zero-order valence-corrected chi connectivity index (χ0v) is 17.4. The average Bonchev–Trinajstić information content (AvgIpc) is 2.80. The van der Waals surface area contributed by atoms with Crippen LogP contribution in [-0.4, -0.2) is 40.3 Å². The molecular formula is C25H22N4O2. The topological polar surface area (TPSA) is 75.2 Å². The van der Waals surface area contributed by atoms with Crippen molar-refractivity contribution in [1.29, 1.82) is 0 Å². The molecule has 0 bridgehead atoms. The third kappa shape index (κ3) is 4.59. The summed E-state index contributed by atoms with van der Waals surface area (Å²) in [6.07, 6.45) is 3.38. The molecule has 2 aromatic heterocycles. The highest BCUT2D eigenvalue weighted by Gasteiger charge is 2.19. The van der Waals surface area contributed by atoms with Gasteiger partial charge in [-0.1, -0.05) is 35.9 Å². The minimum absolute atomic E-state index is 0.0616. The van der Waals surface area contributed by atoms with Crippen LogP contribution in [-0.2, 0) is 4.79 Å². The van der Waals surface area contributed by atoms with Crippen molar-refractivity contribution in [2.24, 2.45) is 0 Å². The molecule has 0 unspecified atom stereocenters. The van der Waals surface area contributed by atoms with Crippen molar-refractivity contribution in [1.82, 2.24) is 14.9 Å². The molecule has 4 rings (SSSR count). The van der Waals surface area contributed by atoms with E-state index in [-0.39, 0.29) is 18.4 Å². The smallest absolute Gasteiger partial charge is 0.254 e. The van der Waals surface area contributed by atoms with E-state index in [1.165, 1.54) is 4.90 Å². The van der Waals surface area contributed by atoms with Crippen molar-refractivity contribution in [3.05, 3.63) is 90.3 Å². The Morgan fingerprint density at radius 3 is 2.42 bits per heavy atom. The number of aryl methyl sites for hydroxylation is 1. The number of likely N-dealkylation sites (N-methyl/N-ethyl adjacent to an activating group) is 1.